The highest BCUT2D eigenvalue weighted by Gasteiger charge is 2.33. The number of fused-ring (bicyclic) bond motifs is 3. The Hall–Kier alpha value is -3.42. The van der Waals surface area contributed by atoms with Gasteiger partial charge >= 0.3 is 0 Å². The molecule has 0 aliphatic carbocycles. The van der Waals surface area contributed by atoms with Crippen LogP contribution in [0.25, 0.3) is 22.0 Å². The second kappa shape index (κ2) is 7.37. The van der Waals surface area contributed by atoms with Crippen LogP contribution in [0.5, 0.6) is 0 Å². The average molecular weight is 433 g/mol. The number of sulfone groups is 1. The van der Waals surface area contributed by atoms with Crippen LogP contribution in [0.15, 0.2) is 77.7 Å². The van der Waals surface area contributed by atoms with Crippen LogP contribution in [0.4, 0.5) is 0 Å². The molecular weight excluding hydrogens is 412 g/mol. The summed E-state index contributed by atoms with van der Waals surface area (Å²) in [6.07, 6.45) is 0.462. The molecule has 7 heteroatoms. The van der Waals surface area contributed by atoms with E-state index in [9.17, 15) is 13.2 Å². The van der Waals surface area contributed by atoms with Crippen LogP contribution in [0.1, 0.15) is 21.6 Å². The summed E-state index contributed by atoms with van der Waals surface area (Å²) in [6, 6.07) is 22.8. The first-order valence-corrected chi connectivity index (χ1v) is 11.6. The Balaban J connectivity index is 1.67. The molecule has 0 spiro atoms. The van der Waals surface area contributed by atoms with Crippen LogP contribution in [0.2, 0.25) is 0 Å². The maximum absolute atomic E-state index is 12.9. The summed E-state index contributed by atoms with van der Waals surface area (Å²) in [5.74, 6) is -0.477. The van der Waals surface area contributed by atoms with Crippen LogP contribution in [-0.4, -0.2) is 29.9 Å². The number of aromatic nitrogens is 1. The quantitative estimate of drug-likeness (QED) is 0.379. The van der Waals surface area contributed by atoms with Gasteiger partial charge in [0.1, 0.15) is 0 Å². The number of hydrogen-bond acceptors (Lipinski definition) is 4. The van der Waals surface area contributed by atoms with Crippen molar-refractivity contribution in [3.05, 3.63) is 89.6 Å². The van der Waals surface area contributed by atoms with E-state index in [4.69, 9.17) is 5.21 Å². The minimum Gasteiger partial charge on any atom is -0.339 e. The van der Waals surface area contributed by atoms with Crippen LogP contribution < -0.4 is 5.48 Å². The molecule has 0 fully saturated rings. The molecule has 1 aliphatic heterocycles. The van der Waals surface area contributed by atoms with Crippen LogP contribution >= 0.6 is 0 Å². The molecule has 0 saturated heterocycles. The minimum atomic E-state index is -3.35. The Morgan fingerprint density at radius 3 is 2.55 bits per heavy atom. The number of rotatable bonds is 4. The third-order valence-corrected chi connectivity index (χ3v) is 7.60. The van der Waals surface area contributed by atoms with Gasteiger partial charge in [0.15, 0.2) is 9.84 Å². The zero-order valence-corrected chi connectivity index (χ0v) is 17.4. The SMILES string of the molecule is O=C(NO)c1cccc(Cn2c3c(c4cc(-c5ccccc5)ccc42)S(=O)(=O)CC3)c1. The summed E-state index contributed by atoms with van der Waals surface area (Å²) < 4.78 is 27.8. The van der Waals surface area contributed by atoms with Crippen molar-refractivity contribution in [2.75, 3.05) is 5.75 Å². The first-order valence-electron chi connectivity index (χ1n) is 9.94. The molecule has 6 nitrogen and oxygen atoms in total. The number of nitrogens with zero attached hydrogens (tertiary/aromatic N) is 1. The fourth-order valence-corrected chi connectivity index (χ4v) is 6.09. The van der Waals surface area contributed by atoms with Crippen molar-refractivity contribution in [3.63, 3.8) is 0 Å². The molecule has 31 heavy (non-hydrogen) atoms. The van der Waals surface area contributed by atoms with Gasteiger partial charge in [-0.25, -0.2) is 13.9 Å². The molecule has 2 heterocycles. The molecule has 2 N–H and O–H groups in total. The van der Waals surface area contributed by atoms with Crippen molar-refractivity contribution in [1.29, 1.82) is 0 Å². The lowest BCUT2D eigenvalue weighted by atomic mass is 10.0. The molecule has 0 radical (unpaired) electrons. The number of hydroxylamine groups is 1. The molecule has 0 unspecified atom stereocenters. The van der Waals surface area contributed by atoms with Crippen molar-refractivity contribution >= 4 is 26.6 Å². The van der Waals surface area contributed by atoms with Gasteiger partial charge in [-0.15, -0.1) is 0 Å². The number of carbonyl (C=O) groups excluding carboxylic acids is 1. The molecule has 1 amide bonds. The van der Waals surface area contributed by atoms with Crippen molar-refractivity contribution < 1.29 is 18.4 Å². The van der Waals surface area contributed by atoms with E-state index in [1.807, 2.05) is 59.2 Å². The molecule has 1 aliphatic rings. The number of benzene rings is 3. The summed E-state index contributed by atoms with van der Waals surface area (Å²) in [4.78, 5) is 12.2. The largest absolute Gasteiger partial charge is 0.339 e. The first-order chi connectivity index (χ1) is 15.0. The smallest absolute Gasteiger partial charge is 0.274 e. The molecule has 1 aromatic heterocycles. The summed E-state index contributed by atoms with van der Waals surface area (Å²) in [5, 5.41) is 9.64. The van der Waals surface area contributed by atoms with Crippen LogP contribution in [-0.2, 0) is 22.8 Å². The Labute approximate surface area is 179 Å². The van der Waals surface area contributed by atoms with E-state index in [1.165, 1.54) is 0 Å². The van der Waals surface area contributed by atoms with E-state index < -0.39 is 15.7 Å². The van der Waals surface area contributed by atoms with Gasteiger partial charge in [-0.3, -0.25) is 10.0 Å². The highest BCUT2D eigenvalue weighted by atomic mass is 32.2. The highest BCUT2D eigenvalue weighted by Crippen LogP contribution is 2.38. The van der Waals surface area contributed by atoms with E-state index in [0.717, 1.165) is 33.3 Å². The Morgan fingerprint density at radius 1 is 0.968 bits per heavy atom. The van der Waals surface area contributed by atoms with Crippen LogP contribution in [0.3, 0.4) is 0 Å². The summed E-state index contributed by atoms with van der Waals surface area (Å²) >= 11 is 0. The van der Waals surface area contributed by atoms with Crippen molar-refractivity contribution in [1.82, 2.24) is 10.0 Å². The maximum Gasteiger partial charge on any atom is 0.274 e. The standard InChI is InChI=1S/C24H20N2O4S/c27-24(25-28)19-8-4-5-16(13-19)15-26-21-10-9-18(17-6-2-1-3-7-17)14-20(21)23-22(26)11-12-31(23,29)30/h1-10,13-14,28H,11-12,15H2,(H,25,27). The van der Waals surface area contributed by atoms with Crippen molar-refractivity contribution in [2.24, 2.45) is 0 Å². The molecule has 0 bridgehead atoms. The van der Waals surface area contributed by atoms with Gasteiger partial charge in [0.05, 0.1) is 10.6 Å². The predicted molar refractivity (Wildman–Crippen MR) is 118 cm³/mol. The van der Waals surface area contributed by atoms with E-state index in [2.05, 4.69) is 0 Å². The second-order valence-corrected chi connectivity index (χ2v) is 9.72. The number of carbonyl (C=O) groups is 1. The van der Waals surface area contributed by atoms with Crippen LogP contribution in [0, 0.1) is 0 Å². The molecule has 0 saturated carbocycles. The van der Waals surface area contributed by atoms with Gasteiger partial charge in [-0.05, 0) is 41.0 Å². The second-order valence-electron chi connectivity index (χ2n) is 7.67. The van der Waals surface area contributed by atoms with Crippen molar-refractivity contribution in [2.45, 2.75) is 17.9 Å². The monoisotopic (exact) mass is 432 g/mol. The van der Waals surface area contributed by atoms with Crippen molar-refractivity contribution in [3.8, 4) is 11.1 Å². The van der Waals surface area contributed by atoms with Gasteiger partial charge in [-0.2, -0.15) is 0 Å². The minimum absolute atomic E-state index is 0.107. The zero-order chi connectivity index (χ0) is 21.6. The third-order valence-electron chi connectivity index (χ3n) is 5.78. The van der Waals surface area contributed by atoms with E-state index in [1.54, 1.807) is 23.7 Å². The van der Waals surface area contributed by atoms with Gasteiger partial charge in [0.25, 0.3) is 5.91 Å². The first kappa shape index (κ1) is 19.5. The third kappa shape index (κ3) is 3.32. The van der Waals surface area contributed by atoms with Gasteiger partial charge in [0.2, 0.25) is 0 Å². The van der Waals surface area contributed by atoms with E-state index >= 15 is 0 Å². The molecular formula is C24H20N2O4S. The average Bonchev–Trinajstić information content (AvgIpc) is 3.28. The summed E-state index contributed by atoms with van der Waals surface area (Å²) in [5.41, 5.74) is 6.49. The number of amides is 1. The lowest BCUT2D eigenvalue weighted by molar-refractivity contribution is 0.0706. The Kier molecular flexibility index (Phi) is 4.64. The van der Waals surface area contributed by atoms with E-state index in [0.29, 0.717) is 23.4 Å². The normalized spacial score (nSPS) is 14.5. The summed E-state index contributed by atoms with van der Waals surface area (Å²) in [6.45, 7) is 0.429. The fraction of sp³-hybridized carbons (Fsp3) is 0.125. The molecule has 5 rings (SSSR count). The number of nitrogens with one attached hydrogen (secondary N) is 1. The Morgan fingerprint density at radius 2 is 1.77 bits per heavy atom. The maximum atomic E-state index is 12.9. The van der Waals surface area contributed by atoms with Gasteiger partial charge < -0.3 is 4.57 Å². The van der Waals surface area contributed by atoms with Gasteiger partial charge in [-0.1, -0.05) is 48.5 Å². The lowest BCUT2D eigenvalue weighted by Crippen LogP contribution is -2.18. The molecule has 156 valence electrons. The predicted octanol–water partition coefficient (Wildman–Crippen LogP) is 3.81. The number of hydrogen-bond donors (Lipinski definition) is 2. The Bertz CT molecular complexity index is 1420. The molecule has 4 aromatic rings. The van der Waals surface area contributed by atoms with E-state index in [-0.39, 0.29) is 5.75 Å². The molecule has 3 aromatic carbocycles. The van der Waals surface area contributed by atoms with Gasteiger partial charge in [0, 0.05) is 35.1 Å². The molecule has 0 atom stereocenters. The lowest BCUT2D eigenvalue weighted by Gasteiger charge is -2.11. The summed E-state index contributed by atoms with van der Waals surface area (Å²) in [7, 11) is -3.35. The fourth-order valence-electron chi connectivity index (χ4n) is 4.35. The highest BCUT2D eigenvalue weighted by molar-refractivity contribution is 7.92. The topological polar surface area (TPSA) is 88.4 Å². The zero-order valence-electron chi connectivity index (χ0n) is 16.6.